The summed E-state index contributed by atoms with van der Waals surface area (Å²) in [5.74, 6) is 0. The molecule has 2 heterocycles. The van der Waals surface area contributed by atoms with Crippen LogP contribution in [0.2, 0.25) is 5.02 Å². The third kappa shape index (κ3) is 2.04. The first-order valence-corrected chi connectivity index (χ1v) is 5.97. The normalized spacial score (nSPS) is 10.6. The summed E-state index contributed by atoms with van der Waals surface area (Å²) in [5.41, 5.74) is 0.821. The molecule has 2 aromatic heterocycles. The minimum absolute atomic E-state index is 0.108. The first-order valence-electron chi connectivity index (χ1n) is 5.59. The van der Waals surface area contributed by atoms with Gasteiger partial charge in [0.05, 0.1) is 23.9 Å². The Morgan fingerprint density at radius 3 is 2.63 bits per heavy atom. The van der Waals surface area contributed by atoms with Crippen molar-refractivity contribution in [3.63, 3.8) is 0 Å². The van der Waals surface area contributed by atoms with Crippen LogP contribution < -0.4 is 5.56 Å². The van der Waals surface area contributed by atoms with Crippen LogP contribution in [0.15, 0.2) is 60.0 Å². The van der Waals surface area contributed by atoms with Gasteiger partial charge >= 0.3 is 0 Å². The molecule has 0 fully saturated rings. The number of rotatable bonds is 2. The summed E-state index contributed by atoms with van der Waals surface area (Å²) < 4.78 is 2.91. The van der Waals surface area contributed by atoms with Gasteiger partial charge in [0.2, 0.25) is 0 Å². The van der Waals surface area contributed by atoms with Crippen molar-refractivity contribution < 1.29 is 0 Å². The van der Waals surface area contributed by atoms with Crippen LogP contribution in [0.5, 0.6) is 0 Å². The number of halogens is 1. The quantitative estimate of drug-likeness (QED) is 0.718. The van der Waals surface area contributed by atoms with Crippen molar-refractivity contribution in [2.24, 2.45) is 0 Å². The molecule has 0 aliphatic heterocycles. The minimum Gasteiger partial charge on any atom is -0.303 e. The summed E-state index contributed by atoms with van der Waals surface area (Å²) in [5, 5.41) is 4.24. The fourth-order valence-corrected chi connectivity index (χ4v) is 1.99. The molecule has 0 bridgehead atoms. The van der Waals surface area contributed by atoms with Gasteiger partial charge in [0.1, 0.15) is 5.02 Å². The Bertz CT molecular complexity index is 750. The maximum Gasteiger partial charge on any atom is 0.292 e. The number of benzene rings is 1. The molecule has 0 saturated carbocycles. The SMILES string of the molecule is O=c1c(Cl)c(-n2ccnc2)cnn1-c1ccccc1. The van der Waals surface area contributed by atoms with E-state index in [1.54, 1.807) is 41.6 Å². The number of hydrogen-bond donors (Lipinski definition) is 0. The van der Waals surface area contributed by atoms with Crippen molar-refractivity contribution in [2.75, 3.05) is 0 Å². The molecule has 0 saturated heterocycles. The predicted octanol–water partition coefficient (Wildman–Crippen LogP) is 2.07. The Balaban J connectivity index is 2.17. The van der Waals surface area contributed by atoms with E-state index in [0.717, 1.165) is 0 Å². The van der Waals surface area contributed by atoms with E-state index < -0.39 is 0 Å². The van der Waals surface area contributed by atoms with E-state index in [-0.39, 0.29) is 10.6 Å². The van der Waals surface area contributed by atoms with E-state index in [1.807, 2.05) is 18.2 Å². The first-order chi connectivity index (χ1) is 9.27. The standard InChI is InChI=1S/C13H9ClN4O/c14-12-11(17-7-6-15-9-17)8-16-18(13(12)19)10-4-2-1-3-5-10/h1-9H. The third-order valence-electron chi connectivity index (χ3n) is 2.68. The number of para-hydroxylation sites is 1. The molecule has 5 nitrogen and oxygen atoms in total. The zero-order chi connectivity index (χ0) is 13.2. The number of imidazole rings is 1. The van der Waals surface area contributed by atoms with E-state index in [0.29, 0.717) is 11.4 Å². The van der Waals surface area contributed by atoms with E-state index in [4.69, 9.17) is 11.6 Å². The van der Waals surface area contributed by atoms with Crippen LogP contribution in [0, 0.1) is 0 Å². The third-order valence-corrected chi connectivity index (χ3v) is 3.04. The first kappa shape index (κ1) is 11.7. The van der Waals surface area contributed by atoms with Gasteiger partial charge in [-0.2, -0.15) is 9.78 Å². The lowest BCUT2D eigenvalue weighted by Gasteiger charge is -2.08. The fraction of sp³-hybridized carbons (Fsp3) is 0. The highest BCUT2D eigenvalue weighted by Gasteiger charge is 2.11. The van der Waals surface area contributed by atoms with Gasteiger partial charge in [0, 0.05) is 12.4 Å². The highest BCUT2D eigenvalue weighted by atomic mass is 35.5. The molecule has 94 valence electrons. The average molecular weight is 273 g/mol. The maximum absolute atomic E-state index is 12.2. The molecule has 0 amide bonds. The van der Waals surface area contributed by atoms with Crippen LogP contribution in [0.25, 0.3) is 11.4 Å². The Morgan fingerprint density at radius 2 is 1.95 bits per heavy atom. The fourth-order valence-electron chi connectivity index (χ4n) is 1.76. The van der Waals surface area contributed by atoms with Gasteiger partial charge in [-0.3, -0.25) is 4.79 Å². The molecule has 0 aliphatic carbocycles. The average Bonchev–Trinajstić information content (AvgIpc) is 2.97. The molecule has 0 N–H and O–H groups in total. The van der Waals surface area contributed by atoms with Crippen molar-refractivity contribution in [2.45, 2.75) is 0 Å². The zero-order valence-electron chi connectivity index (χ0n) is 9.77. The van der Waals surface area contributed by atoms with Crippen LogP contribution in [0.3, 0.4) is 0 Å². The van der Waals surface area contributed by atoms with Crippen LogP contribution in [0.4, 0.5) is 0 Å². The largest absolute Gasteiger partial charge is 0.303 e. The molecule has 0 spiro atoms. The molecule has 19 heavy (non-hydrogen) atoms. The van der Waals surface area contributed by atoms with E-state index >= 15 is 0 Å². The summed E-state index contributed by atoms with van der Waals surface area (Å²) in [6.45, 7) is 0. The van der Waals surface area contributed by atoms with E-state index in [1.165, 1.54) is 4.68 Å². The molecule has 1 aromatic carbocycles. The van der Waals surface area contributed by atoms with Crippen molar-refractivity contribution in [1.29, 1.82) is 0 Å². The summed E-state index contributed by atoms with van der Waals surface area (Å²) in [6.07, 6.45) is 6.42. The number of hydrogen-bond acceptors (Lipinski definition) is 3. The summed E-state index contributed by atoms with van der Waals surface area (Å²) in [6, 6.07) is 9.13. The Hall–Kier alpha value is -2.40. The molecule has 6 heteroatoms. The highest BCUT2D eigenvalue weighted by Crippen LogP contribution is 2.15. The highest BCUT2D eigenvalue weighted by molar-refractivity contribution is 6.32. The van der Waals surface area contributed by atoms with Gasteiger partial charge in [-0.1, -0.05) is 29.8 Å². The van der Waals surface area contributed by atoms with Crippen molar-refractivity contribution >= 4 is 11.6 Å². The van der Waals surface area contributed by atoms with Gasteiger partial charge in [-0.15, -0.1) is 0 Å². The number of aromatic nitrogens is 4. The van der Waals surface area contributed by atoms with Crippen LogP contribution in [-0.2, 0) is 0 Å². The van der Waals surface area contributed by atoms with E-state index in [2.05, 4.69) is 10.1 Å². The minimum atomic E-state index is -0.362. The summed E-state index contributed by atoms with van der Waals surface area (Å²) in [7, 11) is 0. The lowest BCUT2D eigenvalue weighted by Crippen LogP contribution is -2.22. The summed E-state index contributed by atoms with van der Waals surface area (Å²) >= 11 is 6.12. The molecule has 0 atom stereocenters. The van der Waals surface area contributed by atoms with Crippen LogP contribution in [-0.4, -0.2) is 19.3 Å². The molecule has 0 aliphatic rings. The van der Waals surface area contributed by atoms with Gasteiger partial charge in [0.15, 0.2) is 0 Å². The molecule has 3 aromatic rings. The molecule has 0 unspecified atom stereocenters. The topological polar surface area (TPSA) is 52.7 Å². The Morgan fingerprint density at radius 1 is 1.16 bits per heavy atom. The second kappa shape index (κ2) is 4.70. The lowest BCUT2D eigenvalue weighted by molar-refractivity contribution is 0.796. The Labute approximate surface area is 113 Å². The smallest absolute Gasteiger partial charge is 0.292 e. The van der Waals surface area contributed by atoms with Gasteiger partial charge in [-0.25, -0.2) is 4.98 Å². The lowest BCUT2D eigenvalue weighted by atomic mass is 10.3. The number of nitrogens with zero attached hydrogens (tertiary/aromatic N) is 4. The molecule has 0 radical (unpaired) electrons. The molecule has 3 rings (SSSR count). The van der Waals surface area contributed by atoms with Crippen LogP contribution >= 0.6 is 11.6 Å². The predicted molar refractivity (Wildman–Crippen MR) is 72.0 cm³/mol. The summed E-state index contributed by atoms with van der Waals surface area (Å²) in [4.78, 5) is 16.1. The van der Waals surface area contributed by atoms with Crippen molar-refractivity contribution in [1.82, 2.24) is 19.3 Å². The monoisotopic (exact) mass is 272 g/mol. The van der Waals surface area contributed by atoms with E-state index in [9.17, 15) is 4.79 Å². The van der Waals surface area contributed by atoms with Gasteiger partial charge in [0.25, 0.3) is 5.56 Å². The van der Waals surface area contributed by atoms with Crippen molar-refractivity contribution in [3.05, 3.63) is 70.6 Å². The van der Waals surface area contributed by atoms with Gasteiger partial charge in [-0.05, 0) is 12.1 Å². The van der Waals surface area contributed by atoms with Crippen molar-refractivity contribution in [3.8, 4) is 11.4 Å². The van der Waals surface area contributed by atoms with Crippen LogP contribution in [0.1, 0.15) is 0 Å². The van der Waals surface area contributed by atoms with Gasteiger partial charge < -0.3 is 4.57 Å². The second-order valence-corrected chi connectivity index (χ2v) is 4.24. The Kier molecular flexibility index (Phi) is 2.89. The molecular formula is C13H9ClN4O. The second-order valence-electron chi connectivity index (χ2n) is 3.87. The molecular weight excluding hydrogens is 264 g/mol. The zero-order valence-corrected chi connectivity index (χ0v) is 10.5. The maximum atomic E-state index is 12.2.